The van der Waals surface area contributed by atoms with Gasteiger partial charge in [-0.25, -0.2) is 9.87 Å². The Morgan fingerprint density at radius 2 is 1.67 bits per heavy atom. The number of hydrogen-bond donors (Lipinski definition) is 3. The summed E-state index contributed by atoms with van der Waals surface area (Å²) in [5.41, 5.74) is 3.15. The summed E-state index contributed by atoms with van der Waals surface area (Å²) in [4.78, 5) is 23.9. The summed E-state index contributed by atoms with van der Waals surface area (Å²) in [6, 6.07) is 10.9. The normalized spacial score (nSPS) is 11.0. The van der Waals surface area contributed by atoms with Crippen LogP contribution in [-0.4, -0.2) is 37.8 Å². The van der Waals surface area contributed by atoms with Crippen molar-refractivity contribution in [2.24, 2.45) is 0 Å². The van der Waals surface area contributed by atoms with Crippen LogP contribution in [0.1, 0.15) is 30.4 Å². The number of methoxy groups -OCH3 is 2. The third-order valence-corrected chi connectivity index (χ3v) is 4.33. The molecule has 8 heteroatoms. The first-order valence-corrected chi connectivity index (χ1v) is 9.38. The molecule has 0 radical (unpaired) electrons. The molecular formula is C22H25FN2O5. The standard InChI is InChI=1S/C22H25FN2O5/c1-29-18-11-15(12-19(14-18)30-2)13-20(16-6-8-17(23)9-7-16)22(27)24-10-4-3-5-21(26)25-28/h6-9,11-14,28H,3-5,10H2,1-2H3,(H,24,27)(H,25,26)/b20-13-. The van der Waals surface area contributed by atoms with Gasteiger partial charge in [0.1, 0.15) is 17.3 Å². The summed E-state index contributed by atoms with van der Waals surface area (Å²) in [6.07, 6.45) is 2.90. The predicted molar refractivity (Wildman–Crippen MR) is 111 cm³/mol. The van der Waals surface area contributed by atoms with Gasteiger partial charge >= 0.3 is 0 Å². The fraction of sp³-hybridized carbons (Fsp3) is 0.273. The number of ether oxygens (including phenoxy) is 2. The van der Waals surface area contributed by atoms with Gasteiger partial charge in [-0.15, -0.1) is 0 Å². The van der Waals surface area contributed by atoms with Gasteiger partial charge in [0.05, 0.1) is 14.2 Å². The van der Waals surface area contributed by atoms with Crippen LogP contribution in [0.15, 0.2) is 42.5 Å². The maximum absolute atomic E-state index is 13.4. The average molecular weight is 416 g/mol. The highest BCUT2D eigenvalue weighted by atomic mass is 19.1. The highest BCUT2D eigenvalue weighted by molar-refractivity contribution is 6.24. The van der Waals surface area contributed by atoms with E-state index in [1.54, 1.807) is 29.8 Å². The smallest absolute Gasteiger partial charge is 0.251 e. The van der Waals surface area contributed by atoms with E-state index in [-0.39, 0.29) is 12.3 Å². The van der Waals surface area contributed by atoms with Crippen LogP contribution in [0.2, 0.25) is 0 Å². The van der Waals surface area contributed by atoms with Gasteiger partial charge in [-0.3, -0.25) is 14.8 Å². The summed E-state index contributed by atoms with van der Waals surface area (Å²) < 4.78 is 23.9. The zero-order chi connectivity index (χ0) is 21.9. The zero-order valence-corrected chi connectivity index (χ0v) is 16.9. The number of unbranched alkanes of at least 4 members (excludes halogenated alkanes) is 1. The maximum atomic E-state index is 13.4. The number of nitrogens with one attached hydrogen (secondary N) is 2. The molecule has 2 rings (SSSR count). The molecule has 0 saturated heterocycles. The number of halogens is 1. The lowest BCUT2D eigenvalue weighted by molar-refractivity contribution is -0.129. The van der Waals surface area contributed by atoms with Gasteiger partial charge in [0, 0.05) is 24.6 Å². The molecule has 0 heterocycles. The number of carbonyl (C=O) groups is 2. The molecule has 0 atom stereocenters. The van der Waals surface area contributed by atoms with Crippen molar-refractivity contribution in [2.75, 3.05) is 20.8 Å². The second kappa shape index (κ2) is 11.6. The quantitative estimate of drug-likeness (QED) is 0.182. The first kappa shape index (κ1) is 22.9. The lowest BCUT2D eigenvalue weighted by atomic mass is 10.0. The lowest BCUT2D eigenvalue weighted by Gasteiger charge is -2.11. The first-order chi connectivity index (χ1) is 14.5. The Labute approximate surface area is 174 Å². The van der Waals surface area contributed by atoms with E-state index in [1.165, 1.54) is 38.5 Å². The molecular weight excluding hydrogens is 391 g/mol. The van der Waals surface area contributed by atoms with Crippen molar-refractivity contribution in [3.05, 3.63) is 59.4 Å². The van der Waals surface area contributed by atoms with Crippen LogP contribution in [0.4, 0.5) is 4.39 Å². The van der Waals surface area contributed by atoms with Gasteiger partial charge in [0.15, 0.2) is 0 Å². The molecule has 0 aliphatic rings. The Balaban J connectivity index is 2.23. The molecule has 0 aromatic heterocycles. The lowest BCUT2D eigenvalue weighted by Crippen LogP contribution is -2.26. The topological polar surface area (TPSA) is 96.9 Å². The fourth-order valence-corrected chi connectivity index (χ4v) is 2.75. The van der Waals surface area contributed by atoms with Crippen LogP contribution in [0, 0.1) is 5.82 Å². The van der Waals surface area contributed by atoms with Gasteiger partial charge in [-0.05, 0) is 54.3 Å². The maximum Gasteiger partial charge on any atom is 0.251 e. The van der Waals surface area contributed by atoms with Gasteiger partial charge in [-0.2, -0.15) is 0 Å². The number of hydroxylamine groups is 1. The number of benzene rings is 2. The number of amides is 2. The molecule has 2 aromatic carbocycles. The SMILES string of the molecule is COc1cc(/C=C(\C(=O)NCCCCC(=O)NO)c2ccc(F)cc2)cc(OC)c1. The van der Waals surface area contributed by atoms with Crippen LogP contribution in [0.25, 0.3) is 11.6 Å². The summed E-state index contributed by atoms with van der Waals surface area (Å²) in [5, 5.41) is 11.3. The van der Waals surface area contributed by atoms with Crippen molar-refractivity contribution in [2.45, 2.75) is 19.3 Å². The Hall–Kier alpha value is -3.39. The minimum Gasteiger partial charge on any atom is -0.497 e. The van der Waals surface area contributed by atoms with Crippen LogP contribution in [0.5, 0.6) is 11.5 Å². The number of rotatable bonds is 10. The highest BCUT2D eigenvalue weighted by Gasteiger charge is 2.13. The molecule has 3 N–H and O–H groups in total. The molecule has 0 aliphatic carbocycles. The van der Waals surface area contributed by atoms with E-state index in [1.807, 2.05) is 0 Å². The molecule has 0 fully saturated rings. The van der Waals surface area contributed by atoms with Crippen LogP contribution < -0.4 is 20.3 Å². The molecule has 0 unspecified atom stereocenters. The van der Waals surface area contributed by atoms with E-state index in [4.69, 9.17) is 14.7 Å². The summed E-state index contributed by atoms with van der Waals surface area (Å²) in [5.74, 6) is -0.0674. The van der Waals surface area contributed by atoms with E-state index >= 15 is 0 Å². The molecule has 2 aromatic rings. The average Bonchev–Trinajstić information content (AvgIpc) is 2.77. The van der Waals surface area contributed by atoms with Gasteiger partial charge in [0.2, 0.25) is 5.91 Å². The first-order valence-electron chi connectivity index (χ1n) is 9.38. The van der Waals surface area contributed by atoms with Gasteiger partial charge < -0.3 is 14.8 Å². The van der Waals surface area contributed by atoms with Crippen molar-refractivity contribution in [3.8, 4) is 11.5 Å². The Kier molecular flexibility index (Phi) is 8.83. The summed E-state index contributed by atoms with van der Waals surface area (Å²) in [7, 11) is 3.07. The zero-order valence-electron chi connectivity index (χ0n) is 16.9. The van der Waals surface area contributed by atoms with E-state index in [0.29, 0.717) is 47.6 Å². The molecule has 0 bridgehead atoms. The number of carbonyl (C=O) groups excluding carboxylic acids is 2. The second-order valence-corrected chi connectivity index (χ2v) is 6.46. The number of hydrogen-bond acceptors (Lipinski definition) is 5. The largest absolute Gasteiger partial charge is 0.497 e. The van der Waals surface area contributed by atoms with Crippen molar-refractivity contribution in [1.29, 1.82) is 0 Å². The third kappa shape index (κ3) is 6.89. The Morgan fingerprint density at radius 1 is 1.03 bits per heavy atom. The second-order valence-electron chi connectivity index (χ2n) is 6.46. The molecule has 2 amide bonds. The highest BCUT2D eigenvalue weighted by Crippen LogP contribution is 2.26. The molecule has 0 spiro atoms. The summed E-state index contributed by atoms with van der Waals surface area (Å²) >= 11 is 0. The third-order valence-electron chi connectivity index (χ3n) is 4.33. The van der Waals surface area contributed by atoms with Crippen molar-refractivity contribution < 1.29 is 28.7 Å². The Bertz CT molecular complexity index is 875. The molecule has 30 heavy (non-hydrogen) atoms. The van der Waals surface area contributed by atoms with Gasteiger partial charge in [-0.1, -0.05) is 12.1 Å². The minimum absolute atomic E-state index is 0.163. The molecule has 7 nitrogen and oxygen atoms in total. The van der Waals surface area contributed by atoms with Crippen LogP contribution in [-0.2, 0) is 9.59 Å². The van der Waals surface area contributed by atoms with E-state index < -0.39 is 11.7 Å². The van der Waals surface area contributed by atoms with E-state index in [2.05, 4.69) is 5.32 Å². The van der Waals surface area contributed by atoms with E-state index in [0.717, 1.165) is 0 Å². The van der Waals surface area contributed by atoms with E-state index in [9.17, 15) is 14.0 Å². The summed E-state index contributed by atoms with van der Waals surface area (Å²) in [6.45, 7) is 0.345. The fourth-order valence-electron chi connectivity index (χ4n) is 2.75. The van der Waals surface area contributed by atoms with Crippen molar-refractivity contribution in [1.82, 2.24) is 10.8 Å². The van der Waals surface area contributed by atoms with Crippen molar-refractivity contribution >= 4 is 23.5 Å². The van der Waals surface area contributed by atoms with Crippen molar-refractivity contribution in [3.63, 3.8) is 0 Å². The minimum atomic E-state index is -0.472. The molecule has 0 aliphatic heterocycles. The monoisotopic (exact) mass is 416 g/mol. The predicted octanol–water partition coefficient (Wildman–Crippen LogP) is 3.18. The Morgan fingerprint density at radius 3 is 2.23 bits per heavy atom. The molecule has 160 valence electrons. The van der Waals surface area contributed by atoms with Gasteiger partial charge in [0.25, 0.3) is 5.91 Å². The molecule has 0 saturated carbocycles. The van der Waals surface area contributed by atoms with Crippen LogP contribution >= 0.6 is 0 Å². The van der Waals surface area contributed by atoms with Crippen LogP contribution in [0.3, 0.4) is 0 Å².